The van der Waals surface area contributed by atoms with E-state index in [1.54, 1.807) is 0 Å². The maximum absolute atomic E-state index is 12.5. The van der Waals surface area contributed by atoms with Crippen molar-refractivity contribution in [1.82, 2.24) is 15.6 Å². The van der Waals surface area contributed by atoms with Crippen molar-refractivity contribution in [3.05, 3.63) is 125 Å². The van der Waals surface area contributed by atoms with Crippen molar-refractivity contribution in [2.75, 3.05) is 18.4 Å². The van der Waals surface area contributed by atoms with Gasteiger partial charge in [0.05, 0.1) is 5.57 Å². The average Bonchev–Trinajstić information content (AvgIpc) is 3.55. The van der Waals surface area contributed by atoms with E-state index in [2.05, 4.69) is 94.7 Å². The second-order valence-electron chi connectivity index (χ2n) is 12.0. The van der Waals surface area contributed by atoms with E-state index in [-0.39, 0.29) is 17.7 Å². The summed E-state index contributed by atoms with van der Waals surface area (Å²) >= 11 is 0. The first-order valence-electron chi connectivity index (χ1n) is 17.6. The minimum absolute atomic E-state index is 0.0208. The molecule has 0 saturated heterocycles. The fraction of sp³-hybridized carbons (Fsp3) is 0.357. The molecule has 7 nitrogen and oxygen atoms in total. The van der Waals surface area contributed by atoms with Gasteiger partial charge >= 0.3 is 0 Å². The second kappa shape index (κ2) is 22.6. The maximum Gasteiger partial charge on any atom is 0.256 e. The molecule has 1 aliphatic rings. The van der Waals surface area contributed by atoms with Crippen LogP contribution in [0.3, 0.4) is 0 Å². The van der Waals surface area contributed by atoms with Gasteiger partial charge in [-0.15, -0.1) is 0 Å². The number of anilines is 1. The number of aromatic amines is 1. The Morgan fingerprint density at radius 1 is 0.714 bits per heavy atom. The molecular weight excluding hydrogens is 608 g/mol. The fourth-order valence-corrected chi connectivity index (χ4v) is 5.43. The van der Waals surface area contributed by atoms with E-state index in [9.17, 15) is 14.4 Å². The topological polar surface area (TPSA) is 103 Å². The molecule has 260 valence electrons. The number of carbonyl (C=O) groups excluding carboxylic acids is 3. The quantitative estimate of drug-likeness (QED) is 0.0611. The molecule has 0 aliphatic carbocycles. The predicted octanol–water partition coefficient (Wildman–Crippen LogP) is 8.77. The largest absolute Gasteiger partial charge is 0.359 e. The van der Waals surface area contributed by atoms with Crippen LogP contribution in [0.1, 0.15) is 92.8 Å². The van der Waals surface area contributed by atoms with Crippen LogP contribution >= 0.6 is 0 Å². The molecule has 49 heavy (non-hydrogen) atoms. The summed E-state index contributed by atoms with van der Waals surface area (Å²) in [6.45, 7) is 6.94. The van der Waals surface area contributed by atoms with Gasteiger partial charge in [0.1, 0.15) is 0 Å². The number of allylic oxidation sites excluding steroid dienone is 12. The number of hydrogen-bond donors (Lipinski definition) is 4. The van der Waals surface area contributed by atoms with Crippen molar-refractivity contribution in [2.45, 2.75) is 85.0 Å². The Labute approximate surface area is 293 Å². The van der Waals surface area contributed by atoms with Crippen LogP contribution < -0.4 is 16.0 Å². The molecule has 0 saturated carbocycles. The van der Waals surface area contributed by atoms with Crippen molar-refractivity contribution in [1.29, 1.82) is 0 Å². The Balaban J connectivity index is 1.21. The SMILES string of the molecule is CC/C=C\C/C=C\C/C=C\C/C=C\C/C=C\C/C=C\CCC(=O)NCCNC(=O)CCc1c(C)[nH]c(/C=C2\C(=O)Nc3ccccc32)c1C. The number of rotatable bonds is 21. The molecule has 7 heteroatoms. The van der Waals surface area contributed by atoms with Crippen LogP contribution in [0, 0.1) is 13.8 Å². The van der Waals surface area contributed by atoms with Crippen LogP contribution in [0.4, 0.5) is 5.69 Å². The van der Waals surface area contributed by atoms with Crippen LogP contribution in [0.25, 0.3) is 11.6 Å². The number of nitrogens with one attached hydrogen (secondary N) is 4. The summed E-state index contributed by atoms with van der Waals surface area (Å²) in [6, 6.07) is 7.65. The molecule has 0 spiro atoms. The molecule has 1 aliphatic heterocycles. The third-order valence-corrected chi connectivity index (χ3v) is 8.14. The van der Waals surface area contributed by atoms with Crippen molar-refractivity contribution >= 4 is 35.1 Å². The van der Waals surface area contributed by atoms with Crippen molar-refractivity contribution in [3.8, 4) is 0 Å². The van der Waals surface area contributed by atoms with E-state index in [0.29, 0.717) is 44.3 Å². The summed E-state index contributed by atoms with van der Waals surface area (Å²) in [6.07, 6.45) is 35.7. The number of para-hydroxylation sites is 1. The highest BCUT2D eigenvalue weighted by molar-refractivity contribution is 6.34. The molecule has 2 heterocycles. The van der Waals surface area contributed by atoms with Gasteiger partial charge in [0.2, 0.25) is 11.8 Å². The molecule has 0 fully saturated rings. The minimum atomic E-state index is -0.116. The molecule has 4 N–H and O–H groups in total. The van der Waals surface area contributed by atoms with Crippen LogP contribution in [-0.2, 0) is 20.8 Å². The van der Waals surface area contributed by atoms with E-state index in [0.717, 1.165) is 72.3 Å². The van der Waals surface area contributed by atoms with Crippen LogP contribution in [0.5, 0.6) is 0 Å². The third-order valence-electron chi connectivity index (χ3n) is 8.14. The zero-order chi connectivity index (χ0) is 35.1. The van der Waals surface area contributed by atoms with Crippen molar-refractivity contribution in [2.24, 2.45) is 0 Å². The fourth-order valence-electron chi connectivity index (χ4n) is 5.43. The Morgan fingerprint density at radius 3 is 1.84 bits per heavy atom. The van der Waals surface area contributed by atoms with Crippen molar-refractivity contribution < 1.29 is 14.4 Å². The molecule has 3 amide bonds. The maximum atomic E-state index is 12.5. The lowest BCUT2D eigenvalue weighted by atomic mass is 10.0. The number of amides is 3. The Bertz CT molecular complexity index is 1580. The number of carbonyl (C=O) groups is 3. The Kier molecular flexibility index (Phi) is 17.8. The highest BCUT2D eigenvalue weighted by Crippen LogP contribution is 2.33. The number of H-pyrrole nitrogens is 1. The van der Waals surface area contributed by atoms with Gasteiger partial charge in [0, 0.05) is 48.6 Å². The summed E-state index contributed by atoms with van der Waals surface area (Å²) < 4.78 is 0. The molecule has 2 aromatic rings. The standard InChI is InChI=1S/C42H54N4O3/c1-4-5-6-7-8-9-10-11-12-13-14-15-16-17-18-19-20-21-22-27-40(47)43-30-31-44-41(48)29-28-35-33(2)39(45-34(35)3)32-37-36-25-23-24-26-38(36)46-42(37)49/h5-6,8-9,11-12,14-15,17-18,20-21,23-26,32,45H,4,7,10,13,16,19,22,27-31H2,1-3H3,(H,43,47)(H,44,48)(H,46,49)/b6-5-,9-8-,12-11-,15-14-,18-17-,21-20-,37-32-. The van der Waals surface area contributed by atoms with Crippen molar-refractivity contribution in [3.63, 3.8) is 0 Å². The van der Waals surface area contributed by atoms with Crippen LogP contribution in [-0.4, -0.2) is 35.8 Å². The summed E-state index contributed by atoms with van der Waals surface area (Å²) in [7, 11) is 0. The molecule has 0 radical (unpaired) electrons. The van der Waals surface area contributed by atoms with E-state index in [1.165, 1.54) is 0 Å². The van der Waals surface area contributed by atoms with Gasteiger partial charge in [-0.2, -0.15) is 0 Å². The molecular formula is C42H54N4O3. The molecule has 0 atom stereocenters. The van der Waals surface area contributed by atoms with Crippen LogP contribution in [0.2, 0.25) is 0 Å². The van der Waals surface area contributed by atoms with Gasteiger partial charge in [-0.3, -0.25) is 14.4 Å². The van der Waals surface area contributed by atoms with Gasteiger partial charge < -0.3 is 20.9 Å². The van der Waals surface area contributed by atoms with Gasteiger partial charge in [-0.1, -0.05) is 98.0 Å². The average molecular weight is 663 g/mol. The van der Waals surface area contributed by atoms with Gasteiger partial charge in [-0.25, -0.2) is 0 Å². The van der Waals surface area contributed by atoms with Crippen LogP contribution in [0.15, 0.2) is 97.2 Å². The predicted molar refractivity (Wildman–Crippen MR) is 205 cm³/mol. The number of fused-ring (bicyclic) bond motifs is 1. The molecule has 3 rings (SSSR count). The molecule has 1 aromatic carbocycles. The number of aromatic nitrogens is 1. The van der Waals surface area contributed by atoms with E-state index >= 15 is 0 Å². The monoisotopic (exact) mass is 662 g/mol. The van der Waals surface area contributed by atoms with Gasteiger partial charge in [-0.05, 0) is 88.5 Å². The Morgan fingerprint density at radius 2 is 1.24 bits per heavy atom. The summed E-state index contributed by atoms with van der Waals surface area (Å²) in [4.78, 5) is 40.5. The first kappa shape index (κ1) is 38.5. The lowest BCUT2D eigenvalue weighted by Gasteiger charge is -2.07. The highest BCUT2D eigenvalue weighted by atomic mass is 16.2. The summed E-state index contributed by atoms with van der Waals surface area (Å²) in [5, 5.41) is 8.67. The number of benzene rings is 1. The molecule has 0 bridgehead atoms. The normalized spacial score (nSPS) is 14.1. The van der Waals surface area contributed by atoms with Gasteiger partial charge in [0.15, 0.2) is 0 Å². The van der Waals surface area contributed by atoms with Gasteiger partial charge in [0.25, 0.3) is 5.91 Å². The lowest BCUT2D eigenvalue weighted by molar-refractivity contribution is -0.122. The smallest absolute Gasteiger partial charge is 0.256 e. The molecule has 1 aromatic heterocycles. The van der Waals surface area contributed by atoms with E-state index < -0.39 is 0 Å². The number of hydrogen-bond acceptors (Lipinski definition) is 3. The zero-order valence-corrected chi connectivity index (χ0v) is 29.5. The first-order valence-corrected chi connectivity index (χ1v) is 17.6. The second-order valence-corrected chi connectivity index (χ2v) is 12.0. The lowest BCUT2D eigenvalue weighted by Crippen LogP contribution is -2.34. The summed E-state index contributed by atoms with van der Waals surface area (Å²) in [5.41, 5.74) is 6.32. The third kappa shape index (κ3) is 14.4. The minimum Gasteiger partial charge on any atom is -0.359 e. The zero-order valence-electron chi connectivity index (χ0n) is 29.5. The summed E-state index contributed by atoms with van der Waals surface area (Å²) in [5.74, 6) is -0.196. The number of aryl methyl sites for hydroxylation is 1. The highest BCUT2D eigenvalue weighted by Gasteiger charge is 2.24. The molecule has 0 unspecified atom stereocenters. The first-order chi connectivity index (χ1) is 23.9. The Hall–Kier alpha value is -4.91. The van der Waals surface area contributed by atoms with E-state index in [4.69, 9.17) is 0 Å². The van der Waals surface area contributed by atoms with E-state index in [1.807, 2.05) is 50.3 Å².